The molecule has 0 aliphatic carbocycles. The second kappa shape index (κ2) is 5.63. The van der Waals surface area contributed by atoms with Crippen LogP contribution in [0.3, 0.4) is 0 Å². The number of rotatable bonds is 4. The molecule has 1 unspecified atom stereocenters. The summed E-state index contributed by atoms with van der Waals surface area (Å²) in [6, 6.07) is 5.46. The fourth-order valence-corrected chi connectivity index (χ4v) is 2.65. The molecular weight excluding hydrogens is 264 g/mol. The van der Waals surface area contributed by atoms with Crippen LogP contribution in [0.25, 0.3) is 0 Å². The van der Waals surface area contributed by atoms with Crippen molar-refractivity contribution in [2.75, 3.05) is 24.9 Å². The van der Waals surface area contributed by atoms with Crippen molar-refractivity contribution in [1.29, 1.82) is 5.41 Å². The minimum atomic E-state index is -0.160. The topological polar surface area (TPSA) is 62.6 Å². The highest BCUT2D eigenvalue weighted by Gasteiger charge is 2.31. The normalized spacial score (nSPS) is 16.9. The zero-order valence-corrected chi connectivity index (χ0v) is 11.9. The third-order valence-corrected chi connectivity index (χ3v) is 3.90. The average Bonchev–Trinajstić information content (AvgIpc) is 2.76. The number of nitrogens with zero attached hydrogens (tertiary/aromatic N) is 1. The number of carbonyl (C=O) groups excluding carboxylic acids is 1. The first-order chi connectivity index (χ1) is 9.08. The van der Waals surface area contributed by atoms with Gasteiger partial charge in [0.05, 0.1) is 24.7 Å². The molecule has 6 heteroatoms. The molecule has 0 saturated carbocycles. The Hall–Kier alpha value is -1.53. The molecule has 0 bridgehead atoms. The van der Waals surface area contributed by atoms with Gasteiger partial charge in [-0.25, -0.2) is 0 Å². The second-order valence-corrected chi connectivity index (χ2v) is 5.09. The molecule has 0 aromatic heterocycles. The molecule has 1 aliphatic heterocycles. The number of hydrogen-bond donors (Lipinski definition) is 1. The molecule has 5 nitrogen and oxygen atoms in total. The van der Waals surface area contributed by atoms with Crippen LogP contribution in [0, 0.1) is 5.41 Å². The van der Waals surface area contributed by atoms with Gasteiger partial charge in [0.15, 0.2) is 5.17 Å². The Balaban J connectivity index is 2.51. The molecule has 1 aromatic rings. The van der Waals surface area contributed by atoms with Crippen LogP contribution in [-0.4, -0.2) is 31.0 Å². The highest BCUT2D eigenvalue weighted by molar-refractivity contribution is 8.15. The third kappa shape index (κ3) is 2.59. The summed E-state index contributed by atoms with van der Waals surface area (Å²) in [5.41, 5.74) is 1.53. The Morgan fingerprint density at radius 2 is 2.16 bits per heavy atom. The Morgan fingerprint density at radius 3 is 2.68 bits per heavy atom. The van der Waals surface area contributed by atoms with E-state index in [1.165, 1.54) is 16.7 Å². The number of amides is 1. The standard InChI is InChI=1S/C13H16N2O3S/c1-8(17-2)10-5-4-9(18-3)6-11(10)15-12(16)7-19-13(15)14/h4-6,8,14H,7H2,1-3H3. The summed E-state index contributed by atoms with van der Waals surface area (Å²) in [6.07, 6.45) is -0.160. The van der Waals surface area contributed by atoms with Gasteiger partial charge in [-0.15, -0.1) is 0 Å². The van der Waals surface area contributed by atoms with Crippen LogP contribution in [0.1, 0.15) is 18.6 Å². The molecule has 0 spiro atoms. The number of ether oxygens (including phenoxy) is 2. The molecule has 1 fully saturated rings. The molecular formula is C13H16N2O3S. The Morgan fingerprint density at radius 1 is 1.42 bits per heavy atom. The summed E-state index contributed by atoms with van der Waals surface area (Å²) >= 11 is 1.23. The lowest BCUT2D eigenvalue weighted by atomic mass is 10.1. The lowest BCUT2D eigenvalue weighted by Gasteiger charge is -2.22. The zero-order chi connectivity index (χ0) is 14.0. The fraction of sp³-hybridized carbons (Fsp3) is 0.385. The van der Waals surface area contributed by atoms with Crippen molar-refractivity contribution in [3.8, 4) is 5.75 Å². The molecule has 1 N–H and O–H groups in total. The van der Waals surface area contributed by atoms with Gasteiger partial charge in [0.2, 0.25) is 5.91 Å². The maximum absolute atomic E-state index is 11.9. The predicted octanol–water partition coefficient (Wildman–Crippen LogP) is 2.42. The molecule has 2 rings (SSSR count). The first kappa shape index (κ1) is 13.9. The van der Waals surface area contributed by atoms with E-state index >= 15 is 0 Å². The average molecular weight is 280 g/mol. The predicted molar refractivity (Wildman–Crippen MR) is 76.1 cm³/mol. The maximum Gasteiger partial charge on any atom is 0.243 e. The van der Waals surface area contributed by atoms with Crippen LogP contribution in [0.2, 0.25) is 0 Å². The molecule has 1 heterocycles. The van der Waals surface area contributed by atoms with E-state index < -0.39 is 0 Å². The molecule has 1 amide bonds. The Labute approximate surface area is 116 Å². The zero-order valence-electron chi connectivity index (χ0n) is 11.1. The van der Waals surface area contributed by atoms with Gasteiger partial charge in [-0.3, -0.25) is 15.1 Å². The van der Waals surface area contributed by atoms with Crippen molar-refractivity contribution in [1.82, 2.24) is 0 Å². The fourth-order valence-electron chi connectivity index (χ4n) is 1.93. The lowest BCUT2D eigenvalue weighted by Crippen LogP contribution is -2.30. The number of hydrogen-bond acceptors (Lipinski definition) is 5. The molecule has 1 aromatic carbocycles. The molecule has 1 saturated heterocycles. The number of amidine groups is 1. The molecule has 1 aliphatic rings. The van der Waals surface area contributed by atoms with Crippen molar-refractivity contribution < 1.29 is 14.3 Å². The highest BCUT2D eigenvalue weighted by atomic mass is 32.2. The van der Waals surface area contributed by atoms with Crippen LogP contribution in [0.4, 0.5) is 5.69 Å². The van der Waals surface area contributed by atoms with Gasteiger partial charge in [0, 0.05) is 18.7 Å². The monoisotopic (exact) mass is 280 g/mol. The second-order valence-electron chi connectivity index (χ2n) is 4.13. The Bertz CT molecular complexity index is 503. The van der Waals surface area contributed by atoms with Gasteiger partial charge in [-0.05, 0) is 13.0 Å². The van der Waals surface area contributed by atoms with Gasteiger partial charge >= 0.3 is 0 Å². The van der Waals surface area contributed by atoms with E-state index in [4.69, 9.17) is 14.9 Å². The van der Waals surface area contributed by atoms with Crippen molar-refractivity contribution in [2.45, 2.75) is 13.0 Å². The van der Waals surface area contributed by atoms with E-state index in [2.05, 4.69) is 0 Å². The van der Waals surface area contributed by atoms with E-state index in [9.17, 15) is 4.79 Å². The number of carbonyl (C=O) groups is 1. The molecule has 0 radical (unpaired) electrons. The molecule has 19 heavy (non-hydrogen) atoms. The minimum absolute atomic E-state index is 0.0900. The van der Waals surface area contributed by atoms with Crippen LogP contribution in [0.5, 0.6) is 5.75 Å². The van der Waals surface area contributed by atoms with Crippen LogP contribution in [-0.2, 0) is 9.53 Å². The van der Waals surface area contributed by atoms with E-state index in [0.29, 0.717) is 17.2 Å². The van der Waals surface area contributed by atoms with Crippen molar-refractivity contribution in [3.63, 3.8) is 0 Å². The Kier molecular flexibility index (Phi) is 4.11. The van der Waals surface area contributed by atoms with Crippen LogP contribution in [0.15, 0.2) is 18.2 Å². The van der Waals surface area contributed by atoms with E-state index in [1.807, 2.05) is 19.1 Å². The largest absolute Gasteiger partial charge is 0.497 e. The van der Waals surface area contributed by atoms with E-state index in [-0.39, 0.29) is 17.2 Å². The minimum Gasteiger partial charge on any atom is -0.497 e. The van der Waals surface area contributed by atoms with Gasteiger partial charge < -0.3 is 9.47 Å². The van der Waals surface area contributed by atoms with E-state index in [0.717, 1.165) is 5.56 Å². The lowest BCUT2D eigenvalue weighted by molar-refractivity contribution is -0.115. The van der Waals surface area contributed by atoms with Gasteiger partial charge in [0.1, 0.15) is 5.75 Å². The third-order valence-electron chi connectivity index (χ3n) is 3.05. The van der Waals surface area contributed by atoms with Gasteiger partial charge in [-0.1, -0.05) is 17.8 Å². The number of benzene rings is 1. The van der Waals surface area contributed by atoms with E-state index in [1.54, 1.807) is 20.3 Å². The summed E-state index contributed by atoms with van der Waals surface area (Å²) in [7, 11) is 3.19. The number of anilines is 1. The maximum atomic E-state index is 11.9. The quantitative estimate of drug-likeness (QED) is 0.920. The molecule has 102 valence electrons. The first-order valence-electron chi connectivity index (χ1n) is 5.83. The van der Waals surface area contributed by atoms with Crippen molar-refractivity contribution >= 4 is 28.5 Å². The SMILES string of the molecule is COc1ccc(C(C)OC)c(N2C(=N)SCC2=O)c1. The summed E-state index contributed by atoms with van der Waals surface area (Å²) in [5, 5.41) is 8.12. The van der Waals surface area contributed by atoms with Gasteiger partial charge in [0.25, 0.3) is 0 Å². The van der Waals surface area contributed by atoms with Crippen molar-refractivity contribution in [3.05, 3.63) is 23.8 Å². The summed E-state index contributed by atoms with van der Waals surface area (Å²) in [6.45, 7) is 1.91. The van der Waals surface area contributed by atoms with Crippen LogP contribution >= 0.6 is 11.8 Å². The van der Waals surface area contributed by atoms with Gasteiger partial charge in [-0.2, -0.15) is 0 Å². The molecule has 1 atom stereocenters. The first-order valence-corrected chi connectivity index (χ1v) is 6.82. The summed E-state index contributed by atoms with van der Waals surface area (Å²) in [5.74, 6) is 0.865. The number of nitrogens with one attached hydrogen (secondary N) is 1. The van der Waals surface area contributed by atoms with Crippen molar-refractivity contribution in [2.24, 2.45) is 0 Å². The summed E-state index contributed by atoms with van der Waals surface area (Å²) < 4.78 is 10.5. The van der Waals surface area contributed by atoms with Crippen LogP contribution < -0.4 is 9.64 Å². The number of thioether (sulfide) groups is 1. The number of methoxy groups -OCH3 is 2. The summed E-state index contributed by atoms with van der Waals surface area (Å²) in [4.78, 5) is 13.3. The smallest absolute Gasteiger partial charge is 0.243 e. The highest BCUT2D eigenvalue weighted by Crippen LogP contribution is 2.35.